The summed E-state index contributed by atoms with van der Waals surface area (Å²) in [6, 6.07) is 5.68. The average molecular weight is 235 g/mol. The lowest BCUT2D eigenvalue weighted by atomic mass is 10.0. The molecule has 0 saturated heterocycles. The molecule has 1 aliphatic rings. The first-order valence-electron chi connectivity index (χ1n) is 5.53. The van der Waals surface area contributed by atoms with E-state index in [9.17, 15) is 5.11 Å². The fourth-order valence-electron chi connectivity index (χ4n) is 2.02. The first kappa shape index (κ1) is 11.6. The molecule has 4 nitrogen and oxygen atoms in total. The third kappa shape index (κ3) is 2.02. The highest BCUT2D eigenvalue weighted by molar-refractivity contribution is 5.71. The van der Waals surface area contributed by atoms with Crippen LogP contribution in [0.2, 0.25) is 0 Å². The second kappa shape index (κ2) is 4.57. The third-order valence-electron chi connectivity index (χ3n) is 3.06. The van der Waals surface area contributed by atoms with Crippen molar-refractivity contribution >= 4 is 5.57 Å². The van der Waals surface area contributed by atoms with Gasteiger partial charge in [-0.3, -0.25) is 0 Å². The van der Waals surface area contributed by atoms with Crippen molar-refractivity contribution in [2.45, 2.75) is 6.42 Å². The van der Waals surface area contributed by atoms with Crippen LogP contribution in [-0.4, -0.2) is 37.8 Å². The van der Waals surface area contributed by atoms with Gasteiger partial charge in [-0.25, -0.2) is 0 Å². The molecule has 1 heterocycles. The van der Waals surface area contributed by atoms with E-state index >= 15 is 0 Å². The smallest absolute Gasteiger partial charge is 0.190 e. The van der Waals surface area contributed by atoms with Gasteiger partial charge >= 0.3 is 0 Å². The molecule has 0 aromatic heterocycles. The van der Waals surface area contributed by atoms with Crippen LogP contribution in [0, 0.1) is 0 Å². The maximum atomic E-state index is 9.93. The molecule has 0 amide bonds. The van der Waals surface area contributed by atoms with Crippen LogP contribution in [0.4, 0.5) is 0 Å². The monoisotopic (exact) mass is 235 g/mol. The Morgan fingerprint density at radius 3 is 2.41 bits per heavy atom. The van der Waals surface area contributed by atoms with Crippen molar-refractivity contribution in [2.75, 3.05) is 27.8 Å². The van der Waals surface area contributed by atoms with Crippen molar-refractivity contribution in [3.8, 4) is 11.5 Å². The molecule has 0 saturated carbocycles. The summed E-state index contributed by atoms with van der Waals surface area (Å²) in [5.74, 6) is 1.72. The van der Waals surface area contributed by atoms with E-state index in [0.717, 1.165) is 24.1 Å². The Morgan fingerprint density at radius 2 is 1.88 bits per heavy atom. The van der Waals surface area contributed by atoms with Gasteiger partial charge in [0, 0.05) is 19.2 Å². The van der Waals surface area contributed by atoms with E-state index in [-0.39, 0.29) is 0 Å². The number of aliphatic hydroxyl groups is 1. The summed E-state index contributed by atoms with van der Waals surface area (Å²) in [5.41, 5.74) is 1.93. The molecule has 2 rings (SSSR count). The number of aliphatic hydroxyl groups excluding tert-OH is 1. The standard InChI is InChI=1S/C13H17NO3/c1-14-7-6-10(13(14)15)9-4-5-11(16-2)12(8-9)17-3/h4-5,8,15H,6-7H2,1-3H3. The molecule has 4 heteroatoms. The zero-order chi connectivity index (χ0) is 12.4. The van der Waals surface area contributed by atoms with Gasteiger partial charge < -0.3 is 19.5 Å². The van der Waals surface area contributed by atoms with Crippen molar-refractivity contribution in [3.63, 3.8) is 0 Å². The Labute approximate surface area is 101 Å². The quantitative estimate of drug-likeness (QED) is 0.872. The minimum absolute atomic E-state index is 0.345. The largest absolute Gasteiger partial charge is 0.494 e. The van der Waals surface area contributed by atoms with Crippen LogP contribution in [0.25, 0.3) is 5.57 Å². The molecule has 0 radical (unpaired) electrons. The first-order valence-corrected chi connectivity index (χ1v) is 5.53. The summed E-state index contributed by atoms with van der Waals surface area (Å²) in [7, 11) is 5.09. The van der Waals surface area contributed by atoms with Gasteiger partial charge in [-0.15, -0.1) is 0 Å². The molecule has 17 heavy (non-hydrogen) atoms. The van der Waals surface area contributed by atoms with Crippen molar-refractivity contribution in [1.29, 1.82) is 0 Å². The topological polar surface area (TPSA) is 41.9 Å². The number of ether oxygens (including phenoxy) is 2. The van der Waals surface area contributed by atoms with Crippen molar-refractivity contribution < 1.29 is 14.6 Å². The highest BCUT2D eigenvalue weighted by atomic mass is 16.5. The van der Waals surface area contributed by atoms with E-state index in [2.05, 4.69) is 0 Å². The molecule has 0 fully saturated rings. The van der Waals surface area contributed by atoms with Gasteiger partial charge in [-0.05, 0) is 24.1 Å². The van der Waals surface area contributed by atoms with E-state index in [1.807, 2.05) is 30.1 Å². The second-order valence-corrected chi connectivity index (χ2v) is 4.04. The number of methoxy groups -OCH3 is 2. The SMILES string of the molecule is COc1ccc(C2=C(O)N(C)CC2)cc1OC. The van der Waals surface area contributed by atoms with Crippen LogP contribution in [0.5, 0.6) is 11.5 Å². The van der Waals surface area contributed by atoms with Gasteiger partial charge in [-0.2, -0.15) is 0 Å². The van der Waals surface area contributed by atoms with Gasteiger partial charge in [0.1, 0.15) is 0 Å². The average Bonchev–Trinajstić information content (AvgIpc) is 2.69. The van der Waals surface area contributed by atoms with Crippen LogP contribution in [0.1, 0.15) is 12.0 Å². The molecule has 1 N–H and O–H groups in total. The van der Waals surface area contributed by atoms with Gasteiger partial charge in [0.25, 0.3) is 0 Å². The minimum atomic E-state index is 0.345. The van der Waals surface area contributed by atoms with E-state index in [1.54, 1.807) is 14.2 Å². The predicted molar refractivity (Wildman–Crippen MR) is 66.3 cm³/mol. The Hall–Kier alpha value is -1.84. The van der Waals surface area contributed by atoms with Gasteiger partial charge in [0.15, 0.2) is 17.4 Å². The van der Waals surface area contributed by atoms with E-state index in [1.165, 1.54) is 0 Å². The first-order chi connectivity index (χ1) is 8.17. The Morgan fingerprint density at radius 1 is 1.18 bits per heavy atom. The summed E-state index contributed by atoms with van der Waals surface area (Å²) in [6.07, 6.45) is 0.845. The van der Waals surface area contributed by atoms with Crippen molar-refractivity contribution in [1.82, 2.24) is 4.90 Å². The molecule has 0 unspecified atom stereocenters. The summed E-state index contributed by atoms with van der Waals surface area (Å²) in [5, 5.41) is 9.93. The number of rotatable bonds is 3. The highest BCUT2D eigenvalue weighted by Gasteiger charge is 2.20. The normalized spacial score (nSPS) is 15.4. The summed E-state index contributed by atoms with van der Waals surface area (Å²) in [6.45, 7) is 0.843. The molecule has 1 aliphatic heterocycles. The van der Waals surface area contributed by atoms with Crippen LogP contribution in [-0.2, 0) is 0 Å². The third-order valence-corrected chi connectivity index (χ3v) is 3.06. The lowest BCUT2D eigenvalue weighted by molar-refractivity contribution is 0.258. The summed E-state index contributed by atoms with van der Waals surface area (Å²) >= 11 is 0. The Kier molecular flexibility index (Phi) is 3.13. The van der Waals surface area contributed by atoms with Crippen LogP contribution in [0.3, 0.4) is 0 Å². The fraction of sp³-hybridized carbons (Fsp3) is 0.385. The maximum absolute atomic E-state index is 9.93. The zero-order valence-corrected chi connectivity index (χ0v) is 10.4. The molecule has 0 atom stereocenters. The van der Waals surface area contributed by atoms with Gasteiger partial charge in [-0.1, -0.05) is 6.07 Å². The molecule has 0 spiro atoms. The number of hydrogen-bond donors (Lipinski definition) is 1. The molecular formula is C13H17NO3. The van der Waals surface area contributed by atoms with Gasteiger partial charge in [0.2, 0.25) is 0 Å². The van der Waals surface area contributed by atoms with Crippen molar-refractivity contribution in [3.05, 3.63) is 29.6 Å². The maximum Gasteiger partial charge on any atom is 0.190 e. The van der Waals surface area contributed by atoms with Crippen LogP contribution in [0.15, 0.2) is 24.1 Å². The summed E-state index contributed by atoms with van der Waals surface area (Å²) < 4.78 is 10.4. The molecule has 1 aromatic rings. The predicted octanol–water partition coefficient (Wildman–Crippen LogP) is 2.27. The highest BCUT2D eigenvalue weighted by Crippen LogP contribution is 2.34. The number of hydrogen-bond acceptors (Lipinski definition) is 4. The Bertz CT molecular complexity index is 454. The number of nitrogens with zero attached hydrogens (tertiary/aromatic N) is 1. The number of benzene rings is 1. The van der Waals surface area contributed by atoms with E-state index < -0.39 is 0 Å². The lowest BCUT2D eigenvalue weighted by Crippen LogP contribution is -2.12. The fourth-order valence-corrected chi connectivity index (χ4v) is 2.02. The zero-order valence-electron chi connectivity index (χ0n) is 10.4. The molecule has 92 valence electrons. The van der Waals surface area contributed by atoms with Crippen molar-refractivity contribution in [2.24, 2.45) is 0 Å². The molecule has 0 bridgehead atoms. The van der Waals surface area contributed by atoms with Crippen LogP contribution >= 0.6 is 0 Å². The van der Waals surface area contributed by atoms with Crippen LogP contribution < -0.4 is 9.47 Å². The molecule has 0 aliphatic carbocycles. The minimum Gasteiger partial charge on any atom is -0.494 e. The van der Waals surface area contributed by atoms with E-state index in [4.69, 9.17) is 9.47 Å². The second-order valence-electron chi connectivity index (χ2n) is 4.04. The lowest BCUT2D eigenvalue weighted by Gasteiger charge is -2.11. The van der Waals surface area contributed by atoms with Gasteiger partial charge in [0.05, 0.1) is 14.2 Å². The van der Waals surface area contributed by atoms with E-state index in [0.29, 0.717) is 17.4 Å². The summed E-state index contributed by atoms with van der Waals surface area (Å²) in [4.78, 5) is 1.84. The molecule has 1 aromatic carbocycles. The Balaban J connectivity index is 2.41. The molecular weight excluding hydrogens is 218 g/mol.